The van der Waals surface area contributed by atoms with E-state index < -0.39 is 11.2 Å². The molecule has 3 heterocycles. The van der Waals surface area contributed by atoms with Crippen molar-refractivity contribution in [2.45, 2.75) is 13.8 Å². The third-order valence-electron chi connectivity index (χ3n) is 7.59. The molecule has 45 heavy (non-hydrogen) atoms. The van der Waals surface area contributed by atoms with Crippen molar-refractivity contribution in [1.29, 1.82) is 0 Å². The fourth-order valence-electron chi connectivity index (χ4n) is 5.13. The van der Waals surface area contributed by atoms with Crippen LogP contribution in [0.3, 0.4) is 0 Å². The Kier molecular flexibility index (Phi) is 7.67. The number of nitrogens with zero attached hydrogens (tertiary/aromatic N) is 6. The second kappa shape index (κ2) is 11.6. The molecule has 1 aliphatic rings. The Morgan fingerprint density at radius 3 is 2.24 bits per heavy atom. The average molecular weight is 623 g/mol. The number of para-hydroxylation sites is 2. The molecule has 0 spiro atoms. The van der Waals surface area contributed by atoms with Crippen molar-refractivity contribution in [3.63, 3.8) is 0 Å². The van der Waals surface area contributed by atoms with Gasteiger partial charge in [-0.15, -0.1) is 0 Å². The number of rotatable bonds is 6. The van der Waals surface area contributed by atoms with E-state index in [0.29, 0.717) is 27.1 Å². The highest BCUT2D eigenvalue weighted by Gasteiger charge is 2.35. The minimum absolute atomic E-state index is 0.111. The predicted octanol–water partition coefficient (Wildman–Crippen LogP) is 5.20. The summed E-state index contributed by atoms with van der Waals surface area (Å²) in [6.07, 6.45) is 1.79. The number of imidazole rings is 1. The van der Waals surface area contributed by atoms with Crippen LogP contribution < -0.4 is 25.6 Å². The molecule has 3 aromatic carbocycles. The monoisotopic (exact) mass is 622 g/mol. The summed E-state index contributed by atoms with van der Waals surface area (Å²) >= 11 is 1.30. The van der Waals surface area contributed by atoms with Crippen molar-refractivity contribution in [3.8, 4) is 17.5 Å². The molecule has 0 unspecified atom stereocenters. The fraction of sp³-hybridized carbons (Fsp3) is 0.182. The van der Waals surface area contributed by atoms with Crippen molar-refractivity contribution < 1.29 is 14.3 Å². The van der Waals surface area contributed by atoms with Gasteiger partial charge in [0.25, 0.3) is 11.5 Å². The average Bonchev–Trinajstić information content (AvgIpc) is 3.53. The Bertz CT molecular complexity index is 2160. The minimum Gasteiger partial charge on any atom is -0.493 e. The van der Waals surface area contributed by atoms with Gasteiger partial charge in [0.05, 0.1) is 23.4 Å². The standard InChI is InChI=1S/C33H30N6O5S/c1-19-11-10-12-20(2)26(19)34-32-39(22-13-8-7-9-14-22)29(40)25(45-32)18-21-15-16-23(24(17-21)43-6)44-31-35-28-27(36(31)3)30(41)38(5)33(42)37(28)4/h7-18H,1-6H3. The van der Waals surface area contributed by atoms with Gasteiger partial charge in [0.2, 0.25) is 0 Å². The number of aryl methyl sites for hydroxylation is 4. The number of aliphatic imine (C=N–C) groups is 1. The van der Waals surface area contributed by atoms with Crippen molar-refractivity contribution in [2.24, 2.45) is 26.1 Å². The quantitative estimate of drug-likeness (QED) is 0.239. The van der Waals surface area contributed by atoms with Crippen LogP contribution in [-0.4, -0.2) is 36.9 Å². The lowest BCUT2D eigenvalue weighted by molar-refractivity contribution is -0.113. The van der Waals surface area contributed by atoms with E-state index in [2.05, 4.69) is 4.98 Å². The Balaban J connectivity index is 1.36. The van der Waals surface area contributed by atoms with Gasteiger partial charge < -0.3 is 9.47 Å². The van der Waals surface area contributed by atoms with E-state index in [1.807, 2.05) is 62.4 Å². The topological polar surface area (TPSA) is 113 Å². The Hall–Kier alpha value is -5.36. The van der Waals surface area contributed by atoms with E-state index in [4.69, 9.17) is 14.5 Å². The first-order valence-electron chi connectivity index (χ1n) is 14.0. The summed E-state index contributed by atoms with van der Waals surface area (Å²) in [5, 5.41) is 0.559. The first kappa shape index (κ1) is 29.7. The SMILES string of the molecule is COc1cc(C=C2SC(=Nc3c(C)cccc3C)N(c3ccccc3)C2=O)ccc1Oc1nc2c(c(=O)n(C)c(=O)n2C)n1C. The maximum atomic E-state index is 13.8. The van der Waals surface area contributed by atoms with Gasteiger partial charge in [-0.1, -0.05) is 42.5 Å². The molecule has 12 heteroatoms. The maximum absolute atomic E-state index is 13.8. The van der Waals surface area contributed by atoms with Gasteiger partial charge >= 0.3 is 11.7 Å². The maximum Gasteiger partial charge on any atom is 0.332 e. The predicted molar refractivity (Wildman–Crippen MR) is 177 cm³/mol. The van der Waals surface area contributed by atoms with Crippen LogP contribution in [0, 0.1) is 13.8 Å². The molecule has 0 atom stereocenters. The molecule has 0 radical (unpaired) electrons. The number of fused-ring (bicyclic) bond motifs is 1. The summed E-state index contributed by atoms with van der Waals surface area (Å²) in [7, 11) is 6.11. The van der Waals surface area contributed by atoms with Gasteiger partial charge in [0.15, 0.2) is 27.8 Å². The number of anilines is 1. The summed E-state index contributed by atoms with van der Waals surface area (Å²) in [6, 6.07) is 20.8. The molecule has 6 rings (SSSR count). The van der Waals surface area contributed by atoms with Crippen molar-refractivity contribution in [1.82, 2.24) is 18.7 Å². The zero-order valence-electron chi connectivity index (χ0n) is 25.6. The molecule has 1 saturated heterocycles. The number of hydrogen-bond donors (Lipinski definition) is 0. The second-order valence-corrected chi connectivity index (χ2v) is 11.6. The molecule has 0 bridgehead atoms. The van der Waals surface area contributed by atoms with E-state index in [9.17, 15) is 14.4 Å². The summed E-state index contributed by atoms with van der Waals surface area (Å²) < 4.78 is 15.5. The molecule has 5 aromatic rings. The lowest BCUT2D eigenvalue weighted by Crippen LogP contribution is -2.37. The summed E-state index contributed by atoms with van der Waals surface area (Å²) in [4.78, 5) is 50.5. The molecular weight excluding hydrogens is 592 g/mol. The van der Waals surface area contributed by atoms with Gasteiger partial charge in [-0.05, 0) is 72.6 Å². The molecule has 1 amide bonds. The van der Waals surface area contributed by atoms with Gasteiger partial charge in [0, 0.05) is 21.1 Å². The van der Waals surface area contributed by atoms with Crippen molar-refractivity contribution in [2.75, 3.05) is 12.0 Å². The van der Waals surface area contributed by atoms with Crippen LogP contribution in [0.25, 0.3) is 17.2 Å². The van der Waals surface area contributed by atoms with Crippen LogP contribution >= 0.6 is 11.8 Å². The number of amidine groups is 1. The van der Waals surface area contributed by atoms with Crippen LogP contribution in [-0.2, 0) is 25.9 Å². The van der Waals surface area contributed by atoms with E-state index in [1.165, 1.54) is 35.1 Å². The number of amides is 1. The van der Waals surface area contributed by atoms with Crippen LogP contribution in [0.2, 0.25) is 0 Å². The number of thioether (sulfide) groups is 1. The third kappa shape index (κ3) is 5.22. The number of carbonyl (C=O) groups is 1. The molecule has 228 valence electrons. The van der Waals surface area contributed by atoms with Gasteiger partial charge in [-0.2, -0.15) is 4.98 Å². The Labute approximate surface area is 262 Å². The molecule has 1 aliphatic heterocycles. The number of methoxy groups -OCH3 is 1. The third-order valence-corrected chi connectivity index (χ3v) is 8.56. The first-order valence-corrected chi connectivity index (χ1v) is 14.8. The summed E-state index contributed by atoms with van der Waals surface area (Å²) in [6.45, 7) is 4.00. The lowest BCUT2D eigenvalue weighted by Gasteiger charge is -2.16. The Morgan fingerprint density at radius 2 is 1.56 bits per heavy atom. The molecule has 0 aliphatic carbocycles. The number of ether oxygens (including phenoxy) is 2. The van der Waals surface area contributed by atoms with E-state index in [-0.39, 0.29) is 23.1 Å². The number of aromatic nitrogens is 4. The number of carbonyl (C=O) groups excluding carboxylic acids is 1. The molecule has 0 saturated carbocycles. The van der Waals surface area contributed by atoms with E-state index in [0.717, 1.165) is 27.1 Å². The Morgan fingerprint density at radius 1 is 0.844 bits per heavy atom. The highest BCUT2D eigenvalue weighted by atomic mass is 32.2. The first-order chi connectivity index (χ1) is 21.6. The largest absolute Gasteiger partial charge is 0.493 e. The molecule has 11 nitrogen and oxygen atoms in total. The highest BCUT2D eigenvalue weighted by molar-refractivity contribution is 8.19. The van der Waals surface area contributed by atoms with Crippen LogP contribution in [0.5, 0.6) is 17.5 Å². The highest BCUT2D eigenvalue weighted by Crippen LogP contribution is 2.39. The number of benzene rings is 3. The zero-order valence-corrected chi connectivity index (χ0v) is 26.4. The normalized spacial score (nSPS) is 15.1. The fourth-order valence-corrected chi connectivity index (χ4v) is 6.12. The van der Waals surface area contributed by atoms with E-state index >= 15 is 0 Å². The van der Waals surface area contributed by atoms with Crippen LogP contribution in [0.15, 0.2) is 86.2 Å². The molecule has 0 N–H and O–H groups in total. The molecule has 2 aromatic heterocycles. The van der Waals surface area contributed by atoms with Crippen molar-refractivity contribution >= 4 is 51.5 Å². The molecule has 1 fully saturated rings. The zero-order chi connectivity index (χ0) is 32.0. The smallest absolute Gasteiger partial charge is 0.332 e. The minimum atomic E-state index is -0.487. The van der Waals surface area contributed by atoms with Gasteiger partial charge in [0.1, 0.15) is 0 Å². The van der Waals surface area contributed by atoms with Gasteiger partial charge in [-0.3, -0.25) is 28.2 Å². The summed E-state index contributed by atoms with van der Waals surface area (Å²) in [5.41, 5.74) is 3.77. The number of hydrogen-bond acceptors (Lipinski definition) is 8. The van der Waals surface area contributed by atoms with Crippen LogP contribution in [0.4, 0.5) is 11.4 Å². The second-order valence-electron chi connectivity index (χ2n) is 10.6. The van der Waals surface area contributed by atoms with Crippen molar-refractivity contribution in [3.05, 3.63) is 109 Å². The summed E-state index contributed by atoms with van der Waals surface area (Å²) in [5.74, 6) is 0.536. The molecular formula is C33H30N6O5S. The lowest BCUT2D eigenvalue weighted by atomic mass is 10.1. The van der Waals surface area contributed by atoms with Gasteiger partial charge in [-0.25, -0.2) is 9.79 Å². The van der Waals surface area contributed by atoms with E-state index in [1.54, 1.807) is 43.3 Å². The van der Waals surface area contributed by atoms with Crippen LogP contribution in [0.1, 0.15) is 16.7 Å².